The Morgan fingerprint density at radius 3 is 0.717 bits per heavy atom. The van der Waals surface area contributed by atoms with Gasteiger partial charge in [0.2, 0.25) is 0 Å². The highest BCUT2D eigenvalue weighted by Crippen LogP contribution is 2.45. The first-order chi connectivity index (χ1) is 47.7. The summed E-state index contributed by atoms with van der Waals surface area (Å²) < 4.78 is 68.7. The van der Waals surface area contributed by atoms with Gasteiger partial charge < -0.3 is 33.8 Å². The van der Waals surface area contributed by atoms with Gasteiger partial charge in [-0.05, 0) is 49.4 Å². The molecule has 0 amide bonds. The van der Waals surface area contributed by atoms with Crippen molar-refractivity contribution in [3.63, 3.8) is 0 Å². The number of carbonyl (C=O) groups excluding carboxylic acids is 4. The van der Waals surface area contributed by atoms with Crippen LogP contribution < -0.4 is 0 Å². The maximum Gasteiger partial charge on any atom is 0.472 e. The fourth-order valence-corrected chi connectivity index (χ4v) is 13.8. The molecule has 0 saturated carbocycles. The molecule has 5 unspecified atom stereocenters. The molecule has 0 spiro atoms. The highest BCUT2D eigenvalue weighted by molar-refractivity contribution is 7.47. The summed E-state index contributed by atoms with van der Waals surface area (Å²) in [5, 5.41) is 10.6. The minimum atomic E-state index is -4.96. The van der Waals surface area contributed by atoms with Gasteiger partial charge in [0.15, 0.2) is 12.2 Å². The van der Waals surface area contributed by atoms with Crippen LogP contribution in [-0.4, -0.2) is 96.7 Å². The van der Waals surface area contributed by atoms with Crippen LogP contribution in [0.5, 0.6) is 0 Å². The van der Waals surface area contributed by atoms with Crippen molar-refractivity contribution < 1.29 is 80.2 Å². The van der Waals surface area contributed by atoms with Crippen molar-refractivity contribution in [3.05, 3.63) is 0 Å². The lowest BCUT2D eigenvalue weighted by Crippen LogP contribution is -2.30. The molecule has 588 valence electrons. The number of phosphoric acid groups is 2. The first-order valence-corrected chi connectivity index (χ1v) is 44.3. The maximum atomic E-state index is 13.1. The van der Waals surface area contributed by atoms with Crippen LogP contribution in [-0.2, 0) is 65.4 Å². The molecule has 99 heavy (non-hydrogen) atoms. The molecular formula is C80H156O17P2. The Morgan fingerprint density at radius 2 is 0.485 bits per heavy atom. The van der Waals surface area contributed by atoms with Crippen LogP contribution in [0.3, 0.4) is 0 Å². The van der Waals surface area contributed by atoms with Crippen molar-refractivity contribution in [3.8, 4) is 0 Å². The fourth-order valence-electron chi connectivity index (χ4n) is 12.2. The molecule has 0 rings (SSSR count). The van der Waals surface area contributed by atoms with Crippen LogP contribution in [0.25, 0.3) is 0 Å². The van der Waals surface area contributed by atoms with E-state index < -0.39 is 97.5 Å². The predicted octanol–water partition coefficient (Wildman–Crippen LogP) is 23.6. The van der Waals surface area contributed by atoms with E-state index in [0.29, 0.717) is 25.7 Å². The normalized spacial score (nSPS) is 14.6. The third kappa shape index (κ3) is 71.5. The fraction of sp³-hybridized carbons (Fsp3) is 0.950. The topological polar surface area (TPSA) is 237 Å². The zero-order valence-electron chi connectivity index (χ0n) is 65.1. The first-order valence-electron chi connectivity index (χ1n) is 41.3. The van der Waals surface area contributed by atoms with Crippen molar-refractivity contribution in [2.75, 3.05) is 39.6 Å². The molecule has 7 atom stereocenters. The van der Waals surface area contributed by atoms with Gasteiger partial charge in [-0.25, -0.2) is 9.13 Å². The van der Waals surface area contributed by atoms with Crippen molar-refractivity contribution in [1.82, 2.24) is 0 Å². The van der Waals surface area contributed by atoms with Gasteiger partial charge in [-0.15, -0.1) is 0 Å². The summed E-state index contributed by atoms with van der Waals surface area (Å²) in [4.78, 5) is 73.0. The lowest BCUT2D eigenvalue weighted by molar-refractivity contribution is -0.161. The van der Waals surface area contributed by atoms with Crippen molar-refractivity contribution in [1.29, 1.82) is 0 Å². The van der Waals surface area contributed by atoms with Crippen molar-refractivity contribution in [2.45, 2.75) is 427 Å². The number of esters is 4. The molecule has 0 saturated heterocycles. The molecule has 0 aromatic rings. The molecule has 0 aromatic heterocycles. The summed E-state index contributed by atoms with van der Waals surface area (Å²) >= 11 is 0. The molecule has 0 aliphatic heterocycles. The van der Waals surface area contributed by atoms with Gasteiger partial charge in [0.25, 0.3) is 0 Å². The maximum absolute atomic E-state index is 13.1. The van der Waals surface area contributed by atoms with E-state index in [9.17, 15) is 43.2 Å². The van der Waals surface area contributed by atoms with Gasteiger partial charge in [-0.3, -0.25) is 37.3 Å². The number of unbranched alkanes of at least 4 members (excludes halogenated alkanes) is 41. The van der Waals surface area contributed by atoms with E-state index in [4.69, 9.17) is 37.0 Å². The Bertz CT molecular complexity index is 1940. The lowest BCUT2D eigenvalue weighted by Gasteiger charge is -2.21. The average Bonchev–Trinajstić information content (AvgIpc) is 1.05. The van der Waals surface area contributed by atoms with E-state index in [1.807, 2.05) is 0 Å². The average molecular weight is 1450 g/mol. The molecule has 19 heteroatoms. The van der Waals surface area contributed by atoms with Crippen LogP contribution in [0.4, 0.5) is 0 Å². The zero-order valence-corrected chi connectivity index (χ0v) is 66.9. The Hall–Kier alpha value is -1.94. The Labute approximate surface area is 607 Å². The highest BCUT2D eigenvalue weighted by atomic mass is 31.2. The number of hydrogen-bond acceptors (Lipinski definition) is 15. The van der Waals surface area contributed by atoms with Crippen molar-refractivity contribution >= 4 is 39.5 Å². The predicted molar refractivity (Wildman–Crippen MR) is 404 cm³/mol. The van der Waals surface area contributed by atoms with Crippen LogP contribution in [0.15, 0.2) is 0 Å². The minimum Gasteiger partial charge on any atom is -0.462 e. The number of aliphatic hydroxyl groups is 1. The molecule has 0 bridgehead atoms. The number of aliphatic hydroxyl groups excluding tert-OH is 1. The number of rotatable bonds is 77. The smallest absolute Gasteiger partial charge is 0.462 e. The number of phosphoric ester groups is 2. The zero-order chi connectivity index (χ0) is 73.1. The number of hydrogen-bond donors (Lipinski definition) is 3. The Kier molecular flexibility index (Phi) is 67.8. The third-order valence-corrected chi connectivity index (χ3v) is 21.2. The molecule has 0 fully saturated rings. The summed E-state index contributed by atoms with van der Waals surface area (Å²) in [5.41, 5.74) is 0. The summed E-state index contributed by atoms with van der Waals surface area (Å²) in [6.07, 6.45) is 55.4. The third-order valence-electron chi connectivity index (χ3n) is 19.3. The van der Waals surface area contributed by atoms with Crippen LogP contribution in [0, 0.1) is 23.7 Å². The molecular weight excluding hydrogens is 1290 g/mol. The molecule has 0 aliphatic carbocycles. The van der Waals surface area contributed by atoms with Gasteiger partial charge in [0, 0.05) is 25.7 Å². The second kappa shape index (κ2) is 69.1. The van der Waals surface area contributed by atoms with Gasteiger partial charge in [0.05, 0.1) is 26.4 Å². The highest BCUT2D eigenvalue weighted by Gasteiger charge is 2.30. The van der Waals surface area contributed by atoms with Crippen molar-refractivity contribution in [2.24, 2.45) is 23.7 Å². The van der Waals surface area contributed by atoms with E-state index in [1.54, 1.807) is 0 Å². The van der Waals surface area contributed by atoms with E-state index in [1.165, 1.54) is 212 Å². The lowest BCUT2D eigenvalue weighted by atomic mass is 9.99. The number of carbonyl (C=O) groups is 4. The molecule has 0 radical (unpaired) electrons. The summed E-state index contributed by atoms with van der Waals surface area (Å²) in [6.45, 7) is 14.3. The summed E-state index contributed by atoms with van der Waals surface area (Å²) in [7, 11) is -9.92. The molecule has 3 N–H and O–H groups in total. The van der Waals surface area contributed by atoms with Gasteiger partial charge >= 0.3 is 39.5 Å². The molecule has 0 heterocycles. The summed E-state index contributed by atoms with van der Waals surface area (Å²) in [6, 6.07) is 0. The van der Waals surface area contributed by atoms with Gasteiger partial charge in [-0.2, -0.15) is 0 Å². The molecule has 17 nitrogen and oxygen atoms in total. The second-order valence-corrected chi connectivity index (χ2v) is 33.1. The summed E-state index contributed by atoms with van der Waals surface area (Å²) in [5.74, 6) is 1.03. The minimum absolute atomic E-state index is 0.104. The van der Waals surface area contributed by atoms with Crippen LogP contribution in [0.1, 0.15) is 409 Å². The second-order valence-electron chi connectivity index (χ2n) is 30.2. The Balaban J connectivity index is 5.25. The SMILES string of the molecule is CCC(C)CCCCCCCCCCCCCCCCC(=O)O[C@H](COC(=O)CCCCCCCCCCCCCCCCCC(C)C)COP(=O)(O)OCC(O)COP(=O)(O)OC[C@@H](COC(=O)CCCCCCCCCCC(C)C)OC(=O)CCCCCCCCCCC(C)CC. The first kappa shape index (κ1) is 97.1. The standard InChI is InChI=1S/C80H156O17P2/c1-9-72(7)58-50-42-34-25-21-17-14-15-19-23-27-38-46-54-62-79(84)96-75(66-90-77(82)60-52-44-36-26-22-18-13-11-12-16-20-24-32-40-48-56-70(3)4)68-94-98(86,87)92-64-74(81)65-93-99(88,89)95-69-76(67-91-78(83)61-53-45-37-30-28-33-41-49-57-71(5)6)97-80(85)63-55-47-39-31-29-35-43-51-59-73(8)10-2/h70-76,81H,9-69H2,1-8H3,(H,86,87)(H,88,89)/t72?,73?,74?,75-,76-/m1/s1. The van der Waals surface area contributed by atoms with Gasteiger partial charge in [0.1, 0.15) is 19.3 Å². The van der Waals surface area contributed by atoms with E-state index in [0.717, 1.165) is 114 Å². The van der Waals surface area contributed by atoms with E-state index >= 15 is 0 Å². The van der Waals surface area contributed by atoms with Crippen LogP contribution in [0.2, 0.25) is 0 Å². The number of ether oxygens (including phenoxy) is 4. The molecule has 0 aromatic carbocycles. The molecule has 0 aliphatic rings. The largest absolute Gasteiger partial charge is 0.472 e. The van der Waals surface area contributed by atoms with Gasteiger partial charge in [-0.1, -0.05) is 357 Å². The monoisotopic (exact) mass is 1450 g/mol. The van der Waals surface area contributed by atoms with Crippen LogP contribution >= 0.6 is 15.6 Å². The van der Waals surface area contributed by atoms with E-state index in [-0.39, 0.29) is 25.7 Å². The van der Waals surface area contributed by atoms with E-state index in [2.05, 4.69) is 55.4 Å². The Morgan fingerprint density at radius 1 is 0.283 bits per heavy atom. The quantitative estimate of drug-likeness (QED) is 0.0222.